The topological polar surface area (TPSA) is 41.1 Å². The van der Waals surface area contributed by atoms with Crippen molar-refractivity contribution >= 4 is 16.7 Å². The van der Waals surface area contributed by atoms with Crippen LogP contribution in [-0.4, -0.2) is 41.0 Å². The second-order valence-corrected chi connectivity index (χ2v) is 5.85. The van der Waals surface area contributed by atoms with Crippen molar-refractivity contribution < 1.29 is 4.39 Å². The van der Waals surface area contributed by atoms with E-state index in [9.17, 15) is 4.39 Å². The van der Waals surface area contributed by atoms with Gasteiger partial charge in [-0.2, -0.15) is 0 Å². The molecular weight excluding hydrogens is 267 g/mol. The smallest absolute Gasteiger partial charge is 0.149 e. The molecule has 0 radical (unpaired) electrons. The summed E-state index contributed by atoms with van der Waals surface area (Å²) < 4.78 is 13.7. The molecule has 0 amide bonds. The van der Waals surface area contributed by atoms with Gasteiger partial charge in [-0.3, -0.25) is 0 Å². The molecule has 2 aromatic rings. The zero-order valence-electron chi connectivity index (χ0n) is 12.3. The second kappa shape index (κ2) is 6.35. The Morgan fingerprint density at radius 2 is 2.10 bits per heavy atom. The van der Waals surface area contributed by atoms with Crippen molar-refractivity contribution in [1.29, 1.82) is 0 Å². The number of rotatable bonds is 5. The van der Waals surface area contributed by atoms with E-state index in [1.54, 1.807) is 6.07 Å². The van der Waals surface area contributed by atoms with E-state index in [2.05, 4.69) is 27.1 Å². The van der Waals surface area contributed by atoms with E-state index >= 15 is 0 Å². The van der Waals surface area contributed by atoms with Gasteiger partial charge < -0.3 is 10.2 Å². The number of halogens is 1. The minimum Gasteiger partial charge on any atom is -0.369 e. The van der Waals surface area contributed by atoms with Crippen LogP contribution in [0.15, 0.2) is 24.5 Å². The molecule has 2 heterocycles. The molecule has 0 bridgehead atoms. The van der Waals surface area contributed by atoms with E-state index in [1.165, 1.54) is 38.3 Å². The van der Waals surface area contributed by atoms with Crippen LogP contribution in [0.3, 0.4) is 0 Å². The molecule has 1 N–H and O–H groups in total. The first-order chi connectivity index (χ1) is 10.2. The first kappa shape index (κ1) is 14.2. The molecule has 1 aliphatic rings. The zero-order valence-corrected chi connectivity index (χ0v) is 12.3. The molecule has 4 nitrogen and oxygen atoms in total. The Morgan fingerprint density at radius 3 is 2.90 bits per heavy atom. The molecule has 1 fully saturated rings. The van der Waals surface area contributed by atoms with Crippen molar-refractivity contribution in [1.82, 2.24) is 14.9 Å². The number of benzene rings is 1. The van der Waals surface area contributed by atoms with E-state index in [0.29, 0.717) is 17.3 Å². The molecule has 3 rings (SSSR count). The van der Waals surface area contributed by atoms with Gasteiger partial charge in [0.15, 0.2) is 0 Å². The number of aromatic nitrogens is 2. The maximum atomic E-state index is 13.7. The molecular formula is C16H21FN4. The van der Waals surface area contributed by atoms with Crippen LogP contribution in [0.25, 0.3) is 10.9 Å². The van der Waals surface area contributed by atoms with Crippen LogP contribution in [0.1, 0.15) is 19.8 Å². The maximum absolute atomic E-state index is 13.7. The van der Waals surface area contributed by atoms with Crippen LogP contribution in [0, 0.1) is 11.7 Å². The number of hydrogen-bond donors (Lipinski definition) is 1. The normalized spacial score (nSPS) is 17.2. The lowest BCUT2D eigenvalue weighted by molar-refractivity contribution is 0.294. The van der Waals surface area contributed by atoms with Crippen LogP contribution >= 0.6 is 0 Å². The van der Waals surface area contributed by atoms with Gasteiger partial charge in [0, 0.05) is 18.5 Å². The fourth-order valence-corrected chi connectivity index (χ4v) is 2.93. The molecule has 1 saturated heterocycles. The number of anilines is 1. The minimum atomic E-state index is -0.303. The predicted molar refractivity (Wildman–Crippen MR) is 82.8 cm³/mol. The van der Waals surface area contributed by atoms with Crippen molar-refractivity contribution in [3.8, 4) is 0 Å². The van der Waals surface area contributed by atoms with Gasteiger partial charge in [0.2, 0.25) is 0 Å². The summed E-state index contributed by atoms with van der Waals surface area (Å²) in [5.74, 6) is 0.942. The van der Waals surface area contributed by atoms with Crippen molar-refractivity contribution in [2.24, 2.45) is 5.92 Å². The monoisotopic (exact) mass is 288 g/mol. The van der Waals surface area contributed by atoms with Crippen molar-refractivity contribution in [2.75, 3.05) is 31.5 Å². The quantitative estimate of drug-likeness (QED) is 0.918. The number of fused-ring (bicyclic) bond motifs is 1. The summed E-state index contributed by atoms with van der Waals surface area (Å²) in [5.41, 5.74) is 0.377. The van der Waals surface area contributed by atoms with Crippen molar-refractivity contribution in [2.45, 2.75) is 19.8 Å². The molecule has 5 heteroatoms. The highest BCUT2D eigenvalue weighted by molar-refractivity contribution is 5.89. The van der Waals surface area contributed by atoms with E-state index in [1.807, 2.05) is 6.07 Å². The Balaban J connectivity index is 1.66. The Bertz CT molecular complexity index is 610. The van der Waals surface area contributed by atoms with Crippen molar-refractivity contribution in [3.63, 3.8) is 0 Å². The number of nitrogens with zero attached hydrogens (tertiary/aromatic N) is 3. The van der Waals surface area contributed by atoms with Crippen LogP contribution < -0.4 is 5.32 Å². The summed E-state index contributed by atoms with van der Waals surface area (Å²) in [5, 5.41) is 4.09. The lowest BCUT2D eigenvalue weighted by Gasteiger charge is -2.20. The summed E-state index contributed by atoms with van der Waals surface area (Å²) in [6.07, 6.45) is 4.05. The molecule has 0 spiro atoms. The average Bonchev–Trinajstić information content (AvgIpc) is 2.98. The largest absolute Gasteiger partial charge is 0.369 e. The third-order valence-electron chi connectivity index (χ3n) is 4.00. The summed E-state index contributed by atoms with van der Waals surface area (Å²) >= 11 is 0. The molecule has 1 atom stereocenters. The second-order valence-electron chi connectivity index (χ2n) is 5.85. The van der Waals surface area contributed by atoms with Crippen LogP contribution in [0.4, 0.5) is 10.2 Å². The highest BCUT2D eigenvalue weighted by Gasteiger charge is 2.15. The number of hydrogen-bond acceptors (Lipinski definition) is 4. The van der Waals surface area contributed by atoms with Gasteiger partial charge in [-0.05, 0) is 44.0 Å². The molecule has 21 heavy (non-hydrogen) atoms. The number of nitrogens with one attached hydrogen (secondary N) is 1. The Morgan fingerprint density at radius 1 is 1.29 bits per heavy atom. The fourth-order valence-electron chi connectivity index (χ4n) is 2.93. The molecule has 0 aliphatic carbocycles. The van der Waals surface area contributed by atoms with Gasteiger partial charge in [-0.25, -0.2) is 14.4 Å². The number of para-hydroxylation sites is 1. The highest BCUT2D eigenvalue weighted by atomic mass is 19.1. The number of likely N-dealkylation sites (tertiary alicyclic amines) is 1. The van der Waals surface area contributed by atoms with Gasteiger partial charge in [0.1, 0.15) is 23.5 Å². The molecule has 1 aromatic heterocycles. The SMILES string of the molecule is CC(CNc1ncnc2c(F)cccc12)CN1CCCC1. The van der Waals surface area contributed by atoms with E-state index in [-0.39, 0.29) is 5.82 Å². The molecule has 112 valence electrons. The summed E-state index contributed by atoms with van der Waals surface area (Å²) in [7, 11) is 0. The Labute approximate surface area is 124 Å². The summed E-state index contributed by atoms with van der Waals surface area (Å²) in [6, 6.07) is 4.97. The van der Waals surface area contributed by atoms with E-state index in [4.69, 9.17) is 0 Å². The van der Waals surface area contributed by atoms with E-state index in [0.717, 1.165) is 18.5 Å². The van der Waals surface area contributed by atoms with Crippen molar-refractivity contribution in [3.05, 3.63) is 30.3 Å². The van der Waals surface area contributed by atoms with Crippen LogP contribution in [0.2, 0.25) is 0 Å². The average molecular weight is 288 g/mol. The van der Waals surface area contributed by atoms with Crippen LogP contribution in [-0.2, 0) is 0 Å². The lowest BCUT2D eigenvalue weighted by Crippen LogP contribution is -2.29. The van der Waals surface area contributed by atoms with Crippen LogP contribution in [0.5, 0.6) is 0 Å². The van der Waals surface area contributed by atoms with Gasteiger partial charge in [-0.15, -0.1) is 0 Å². The summed E-state index contributed by atoms with van der Waals surface area (Å²) in [4.78, 5) is 10.8. The first-order valence-corrected chi connectivity index (χ1v) is 7.59. The third-order valence-corrected chi connectivity index (χ3v) is 4.00. The summed E-state index contributed by atoms with van der Waals surface area (Å²) in [6.45, 7) is 6.59. The predicted octanol–water partition coefficient (Wildman–Crippen LogP) is 2.91. The Kier molecular flexibility index (Phi) is 4.29. The van der Waals surface area contributed by atoms with Gasteiger partial charge in [0.05, 0.1) is 0 Å². The Hall–Kier alpha value is -1.75. The molecule has 1 unspecified atom stereocenters. The third kappa shape index (κ3) is 3.29. The fraction of sp³-hybridized carbons (Fsp3) is 0.500. The van der Waals surface area contributed by atoms with Gasteiger partial charge in [0.25, 0.3) is 0 Å². The first-order valence-electron chi connectivity index (χ1n) is 7.59. The van der Waals surface area contributed by atoms with Gasteiger partial charge >= 0.3 is 0 Å². The maximum Gasteiger partial charge on any atom is 0.149 e. The standard InChI is InChI=1S/C16H21FN4/c1-12(10-21-7-2-3-8-21)9-18-16-13-5-4-6-14(17)15(13)19-11-20-16/h4-6,11-12H,2-3,7-10H2,1H3,(H,18,19,20). The lowest BCUT2D eigenvalue weighted by atomic mass is 10.1. The molecule has 1 aromatic carbocycles. The van der Waals surface area contributed by atoms with Gasteiger partial charge in [-0.1, -0.05) is 13.0 Å². The minimum absolute atomic E-state index is 0.303. The highest BCUT2D eigenvalue weighted by Crippen LogP contribution is 2.21. The zero-order chi connectivity index (χ0) is 14.7. The molecule has 0 saturated carbocycles. The van der Waals surface area contributed by atoms with E-state index < -0.39 is 0 Å². The molecule has 1 aliphatic heterocycles.